The zero-order valence-electron chi connectivity index (χ0n) is 12.5. The number of rotatable bonds is 6. The summed E-state index contributed by atoms with van der Waals surface area (Å²) < 4.78 is 2.83. The van der Waals surface area contributed by atoms with E-state index >= 15 is 0 Å². The summed E-state index contributed by atoms with van der Waals surface area (Å²) in [6.07, 6.45) is 1.55. The summed E-state index contributed by atoms with van der Waals surface area (Å²) in [4.78, 5) is 40.8. The minimum Gasteiger partial charge on any atom is -0.550 e. The minimum absolute atomic E-state index is 0.145. The Labute approximate surface area is 139 Å². The van der Waals surface area contributed by atoms with Crippen LogP contribution in [0.15, 0.2) is 25.9 Å². The molecule has 124 valence electrons. The summed E-state index contributed by atoms with van der Waals surface area (Å²) in [5.74, 6) is -0.928. The molecule has 0 spiro atoms. The van der Waals surface area contributed by atoms with Gasteiger partial charge in [0.15, 0.2) is 16.3 Å². The van der Waals surface area contributed by atoms with Gasteiger partial charge in [0.1, 0.15) is 0 Å². The molecule has 0 unspecified atom stereocenters. The standard InChI is InChI=1S/C13H15ClN4O4S/c1-7(14)3-5-18-9-10(17(2)12(22)16-11(9)21)15-13(18)23-6-4-8(19)20/h3H,4-6H2,1-2H3,(H,19,20)(H,16,21,22)/p-1/b7-3+. The van der Waals surface area contributed by atoms with E-state index < -0.39 is 17.2 Å². The van der Waals surface area contributed by atoms with E-state index in [0.717, 1.165) is 0 Å². The molecule has 23 heavy (non-hydrogen) atoms. The number of nitrogens with one attached hydrogen (secondary N) is 1. The third kappa shape index (κ3) is 3.85. The van der Waals surface area contributed by atoms with Crippen molar-refractivity contribution in [3.63, 3.8) is 0 Å². The number of carbonyl (C=O) groups is 1. The molecule has 0 amide bonds. The number of aromatic amines is 1. The second kappa shape index (κ2) is 7.05. The van der Waals surface area contributed by atoms with Crippen LogP contribution in [0.3, 0.4) is 0 Å². The summed E-state index contributed by atoms with van der Waals surface area (Å²) in [6.45, 7) is 1.98. The molecule has 0 fully saturated rings. The molecule has 1 N–H and O–H groups in total. The maximum atomic E-state index is 12.1. The fourth-order valence-electron chi connectivity index (χ4n) is 1.94. The van der Waals surface area contributed by atoms with Crippen LogP contribution in [0.2, 0.25) is 0 Å². The van der Waals surface area contributed by atoms with Crippen molar-refractivity contribution in [3.05, 3.63) is 31.9 Å². The van der Waals surface area contributed by atoms with Crippen molar-refractivity contribution in [1.29, 1.82) is 0 Å². The second-order valence-corrected chi connectivity index (χ2v) is 6.42. The molecule has 8 nitrogen and oxygen atoms in total. The maximum absolute atomic E-state index is 12.1. The fraction of sp³-hybridized carbons (Fsp3) is 0.385. The van der Waals surface area contributed by atoms with Gasteiger partial charge in [-0.15, -0.1) is 0 Å². The number of carbonyl (C=O) groups excluding carboxylic acids is 1. The van der Waals surface area contributed by atoms with Crippen LogP contribution < -0.4 is 16.4 Å². The average Bonchev–Trinajstić information content (AvgIpc) is 2.81. The first kappa shape index (κ1) is 17.4. The van der Waals surface area contributed by atoms with E-state index in [-0.39, 0.29) is 29.9 Å². The summed E-state index contributed by atoms with van der Waals surface area (Å²) in [6, 6.07) is 0. The number of allylic oxidation sites excluding steroid dienone is 2. The first-order chi connectivity index (χ1) is 10.8. The third-order valence-electron chi connectivity index (χ3n) is 3.06. The van der Waals surface area contributed by atoms with Crippen LogP contribution in [0, 0.1) is 0 Å². The summed E-state index contributed by atoms with van der Waals surface area (Å²) in [5, 5.41) is 11.5. The molecule has 0 saturated carbocycles. The number of nitrogens with zero attached hydrogens (tertiary/aromatic N) is 3. The Balaban J connectivity index is 2.57. The predicted octanol–water partition coefficient (Wildman–Crippen LogP) is -0.202. The third-order valence-corrected chi connectivity index (χ3v) is 4.20. The number of carboxylic acids is 1. The molecule has 2 rings (SSSR count). The number of thioether (sulfide) groups is 1. The molecular formula is C13H14ClN4O4S-. The maximum Gasteiger partial charge on any atom is 0.329 e. The second-order valence-electron chi connectivity index (χ2n) is 4.76. The number of aromatic nitrogens is 4. The molecule has 0 aliphatic carbocycles. The van der Waals surface area contributed by atoms with Gasteiger partial charge in [-0.05, 0) is 13.3 Å². The number of hydrogen-bond donors (Lipinski definition) is 1. The van der Waals surface area contributed by atoms with Crippen LogP contribution >= 0.6 is 23.4 Å². The van der Waals surface area contributed by atoms with Crippen LogP contribution in [0.25, 0.3) is 11.2 Å². The quantitative estimate of drug-likeness (QED) is 0.716. The highest BCUT2D eigenvalue weighted by molar-refractivity contribution is 7.99. The SMILES string of the molecule is C/C(Cl)=C\Cn1c(SCCC(=O)[O-])nc2c1c(=O)[nH]c(=O)n2C. The topological polar surface area (TPSA) is 113 Å². The highest BCUT2D eigenvalue weighted by atomic mass is 35.5. The van der Waals surface area contributed by atoms with E-state index in [0.29, 0.717) is 10.2 Å². The van der Waals surface area contributed by atoms with Crippen LogP contribution in [0.1, 0.15) is 13.3 Å². The lowest BCUT2D eigenvalue weighted by Gasteiger charge is -2.06. The number of aryl methyl sites for hydroxylation is 1. The Hall–Kier alpha value is -2.00. The summed E-state index contributed by atoms with van der Waals surface area (Å²) >= 11 is 7.00. The summed E-state index contributed by atoms with van der Waals surface area (Å²) in [5.41, 5.74) is -0.655. The van der Waals surface area contributed by atoms with Crippen LogP contribution in [0.4, 0.5) is 0 Å². The highest BCUT2D eigenvalue weighted by Crippen LogP contribution is 2.22. The van der Waals surface area contributed by atoms with Crippen LogP contribution in [-0.2, 0) is 18.4 Å². The smallest absolute Gasteiger partial charge is 0.329 e. The molecule has 0 aliphatic rings. The van der Waals surface area contributed by atoms with Gasteiger partial charge in [-0.3, -0.25) is 14.3 Å². The van der Waals surface area contributed by atoms with Crippen molar-refractivity contribution in [2.75, 3.05) is 5.75 Å². The van der Waals surface area contributed by atoms with E-state index in [1.807, 2.05) is 0 Å². The lowest BCUT2D eigenvalue weighted by atomic mass is 10.4. The lowest BCUT2D eigenvalue weighted by molar-refractivity contribution is -0.305. The molecule has 0 radical (unpaired) electrons. The molecule has 2 heterocycles. The number of halogens is 1. The zero-order valence-corrected chi connectivity index (χ0v) is 14.0. The molecule has 0 bridgehead atoms. The number of H-pyrrole nitrogens is 1. The fourth-order valence-corrected chi connectivity index (χ4v) is 2.93. The van der Waals surface area contributed by atoms with E-state index in [2.05, 4.69) is 9.97 Å². The Bertz CT molecular complexity index is 892. The highest BCUT2D eigenvalue weighted by Gasteiger charge is 2.16. The number of carboxylic acid groups (broad SMARTS) is 1. The molecule has 0 atom stereocenters. The first-order valence-electron chi connectivity index (χ1n) is 6.65. The molecule has 2 aromatic rings. The Morgan fingerprint density at radius 2 is 2.17 bits per heavy atom. The zero-order chi connectivity index (χ0) is 17.1. The van der Waals surface area contributed by atoms with E-state index in [1.54, 1.807) is 17.6 Å². The van der Waals surface area contributed by atoms with Gasteiger partial charge in [-0.25, -0.2) is 9.78 Å². The molecule has 0 aliphatic heterocycles. The van der Waals surface area contributed by atoms with Crippen molar-refractivity contribution in [2.24, 2.45) is 7.05 Å². The van der Waals surface area contributed by atoms with Gasteiger partial charge in [0.05, 0.1) is 0 Å². The Morgan fingerprint density at radius 3 is 2.78 bits per heavy atom. The molecule has 10 heteroatoms. The number of hydrogen-bond acceptors (Lipinski definition) is 6. The van der Waals surface area contributed by atoms with Crippen LogP contribution in [-0.4, -0.2) is 30.8 Å². The van der Waals surface area contributed by atoms with Gasteiger partial charge in [-0.2, -0.15) is 0 Å². The van der Waals surface area contributed by atoms with Crippen molar-refractivity contribution >= 4 is 40.5 Å². The van der Waals surface area contributed by atoms with Gasteiger partial charge >= 0.3 is 5.69 Å². The molecule has 2 aromatic heterocycles. The van der Waals surface area contributed by atoms with Gasteiger partial charge in [0.2, 0.25) is 0 Å². The predicted molar refractivity (Wildman–Crippen MR) is 85.6 cm³/mol. The molecule has 0 saturated heterocycles. The van der Waals surface area contributed by atoms with Gasteiger partial charge in [0.25, 0.3) is 5.56 Å². The van der Waals surface area contributed by atoms with E-state index in [4.69, 9.17) is 11.6 Å². The van der Waals surface area contributed by atoms with Gasteiger partial charge < -0.3 is 14.5 Å². The van der Waals surface area contributed by atoms with Crippen molar-refractivity contribution in [3.8, 4) is 0 Å². The van der Waals surface area contributed by atoms with E-state index in [1.165, 1.54) is 23.4 Å². The van der Waals surface area contributed by atoms with Crippen LogP contribution in [0.5, 0.6) is 0 Å². The molecular weight excluding hydrogens is 344 g/mol. The molecule has 0 aromatic carbocycles. The average molecular weight is 358 g/mol. The Morgan fingerprint density at radius 1 is 1.48 bits per heavy atom. The number of fused-ring (bicyclic) bond motifs is 1. The Kier molecular flexibility index (Phi) is 5.32. The normalized spacial score (nSPS) is 12.0. The largest absolute Gasteiger partial charge is 0.550 e. The van der Waals surface area contributed by atoms with Gasteiger partial charge in [0, 0.05) is 30.3 Å². The monoisotopic (exact) mass is 357 g/mol. The van der Waals surface area contributed by atoms with Crippen molar-refractivity contribution < 1.29 is 9.90 Å². The van der Waals surface area contributed by atoms with Gasteiger partial charge in [-0.1, -0.05) is 29.4 Å². The van der Waals surface area contributed by atoms with Crippen molar-refractivity contribution in [2.45, 2.75) is 25.0 Å². The lowest BCUT2D eigenvalue weighted by Crippen LogP contribution is -2.29. The number of aliphatic carboxylic acids is 1. The summed E-state index contributed by atoms with van der Waals surface area (Å²) in [7, 11) is 1.50. The van der Waals surface area contributed by atoms with E-state index in [9.17, 15) is 19.5 Å². The first-order valence-corrected chi connectivity index (χ1v) is 8.02. The van der Waals surface area contributed by atoms with Crippen molar-refractivity contribution in [1.82, 2.24) is 19.1 Å². The minimum atomic E-state index is -1.16. The number of imidazole rings is 1.